The van der Waals surface area contributed by atoms with E-state index in [2.05, 4.69) is 19.2 Å². The third kappa shape index (κ3) is 5.93. The summed E-state index contributed by atoms with van der Waals surface area (Å²) in [6.07, 6.45) is 1.16. The third-order valence-electron chi connectivity index (χ3n) is 2.03. The molecule has 0 saturated carbocycles. The highest BCUT2D eigenvalue weighted by molar-refractivity contribution is 7.99. The minimum absolute atomic E-state index is 0.408. The zero-order valence-corrected chi connectivity index (χ0v) is 9.36. The van der Waals surface area contributed by atoms with Crippen molar-refractivity contribution in [1.82, 2.24) is 5.32 Å². The predicted molar refractivity (Wildman–Crippen MR) is 57.3 cm³/mol. The lowest BCUT2D eigenvalue weighted by atomic mass is 10.2. The van der Waals surface area contributed by atoms with E-state index in [0.29, 0.717) is 11.7 Å². The van der Waals surface area contributed by atoms with Crippen LogP contribution in [0.25, 0.3) is 0 Å². The second-order valence-electron chi connectivity index (χ2n) is 3.23. The van der Waals surface area contributed by atoms with E-state index in [4.69, 9.17) is 5.11 Å². The molecule has 0 saturated heterocycles. The third-order valence-corrected chi connectivity index (χ3v) is 3.40. The maximum absolute atomic E-state index is 10.6. The number of nitrogens with one attached hydrogen (secondary N) is 1. The number of carboxylic acid groups (broad SMARTS) is 1. The number of carbonyl (C=O) groups is 1. The monoisotopic (exact) mass is 205 g/mol. The van der Waals surface area contributed by atoms with Gasteiger partial charge in [-0.2, -0.15) is 11.8 Å². The average molecular weight is 205 g/mol. The van der Waals surface area contributed by atoms with Crippen LogP contribution in [0.5, 0.6) is 0 Å². The smallest absolute Gasteiger partial charge is 0.321 e. The molecule has 78 valence electrons. The lowest BCUT2D eigenvalue weighted by molar-refractivity contribution is -0.138. The van der Waals surface area contributed by atoms with Crippen LogP contribution in [0.1, 0.15) is 20.3 Å². The average Bonchev–Trinajstić information content (AvgIpc) is 2.11. The van der Waals surface area contributed by atoms with E-state index in [0.717, 1.165) is 12.2 Å². The Kier molecular flexibility index (Phi) is 7.09. The molecule has 0 bridgehead atoms. The van der Waals surface area contributed by atoms with Gasteiger partial charge in [-0.15, -0.1) is 0 Å². The summed E-state index contributed by atoms with van der Waals surface area (Å²) in [6.45, 7) is 4.33. The molecular formula is C9H19NO2S. The van der Waals surface area contributed by atoms with Gasteiger partial charge in [0.05, 0.1) is 0 Å². The number of thioether (sulfide) groups is 1. The first-order chi connectivity index (χ1) is 6.11. The van der Waals surface area contributed by atoms with Crippen LogP contribution in [0.15, 0.2) is 0 Å². The molecule has 4 heteroatoms. The second kappa shape index (κ2) is 7.21. The standard InChI is InChI=1S/C9H19NO2S/c1-4-7(2)5-13-6-8(10-3)9(11)12/h7-8,10H,4-6H2,1-3H3,(H,11,12). The molecule has 0 aromatic carbocycles. The Morgan fingerprint density at radius 1 is 1.54 bits per heavy atom. The van der Waals surface area contributed by atoms with E-state index in [9.17, 15) is 4.79 Å². The van der Waals surface area contributed by atoms with Crippen LogP contribution in [0.3, 0.4) is 0 Å². The van der Waals surface area contributed by atoms with Gasteiger partial charge in [-0.3, -0.25) is 4.79 Å². The van der Waals surface area contributed by atoms with Crippen LogP contribution < -0.4 is 5.32 Å². The van der Waals surface area contributed by atoms with Crippen molar-refractivity contribution < 1.29 is 9.90 Å². The molecule has 0 aromatic rings. The molecule has 0 aliphatic carbocycles. The van der Waals surface area contributed by atoms with Crippen LogP contribution >= 0.6 is 11.8 Å². The summed E-state index contributed by atoms with van der Waals surface area (Å²) in [5.74, 6) is 1.61. The molecule has 2 atom stereocenters. The van der Waals surface area contributed by atoms with E-state index in [1.807, 2.05) is 0 Å². The van der Waals surface area contributed by atoms with Crippen molar-refractivity contribution in [3.8, 4) is 0 Å². The van der Waals surface area contributed by atoms with Crippen molar-refractivity contribution in [1.29, 1.82) is 0 Å². The zero-order valence-electron chi connectivity index (χ0n) is 8.54. The minimum Gasteiger partial charge on any atom is -0.480 e. The van der Waals surface area contributed by atoms with E-state index in [1.165, 1.54) is 0 Å². The van der Waals surface area contributed by atoms with Gasteiger partial charge in [0.25, 0.3) is 0 Å². The molecule has 2 N–H and O–H groups in total. The molecule has 0 aromatic heterocycles. The molecule has 13 heavy (non-hydrogen) atoms. The summed E-state index contributed by atoms with van der Waals surface area (Å²) >= 11 is 1.70. The number of hydrogen-bond donors (Lipinski definition) is 2. The van der Waals surface area contributed by atoms with Crippen LogP contribution in [0.4, 0.5) is 0 Å². The Morgan fingerprint density at radius 3 is 2.54 bits per heavy atom. The Bertz CT molecular complexity index is 153. The summed E-state index contributed by atoms with van der Waals surface area (Å²) in [7, 11) is 1.68. The molecule has 2 unspecified atom stereocenters. The molecule has 0 heterocycles. The van der Waals surface area contributed by atoms with E-state index >= 15 is 0 Å². The summed E-state index contributed by atoms with van der Waals surface area (Å²) < 4.78 is 0. The fourth-order valence-electron chi connectivity index (χ4n) is 0.783. The number of carboxylic acids is 1. The van der Waals surface area contributed by atoms with E-state index < -0.39 is 12.0 Å². The van der Waals surface area contributed by atoms with Crippen molar-refractivity contribution >= 4 is 17.7 Å². The van der Waals surface area contributed by atoms with Gasteiger partial charge in [0, 0.05) is 5.75 Å². The normalized spacial score (nSPS) is 15.3. The SMILES string of the molecule is CCC(C)CSCC(NC)C(=O)O. The largest absolute Gasteiger partial charge is 0.480 e. The molecule has 0 amide bonds. The Hall–Kier alpha value is -0.220. The first-order valence-electron chi connectivity index (χ1n) is 4.59. The number of likely N-dealkylation sites (N-methyl/N-ethyl adjacent to an activating group) is 1. The van der Waals surface area contributed by atoms with Crippen molar-refractivity contribution in [2.75, 3.05) is 18.6 Å². The first-order valence-corrected chi connectivity index (χ1v) is 5.75. The van der Waals surface area contributed by atoms with Gasteiger partial charge in [-0.1, -0.05) is 20.3 Å². The van der Waals surface area contributed by atoms with E-state index in [-0.39, 0.29) is 0 Å². The highest BCUT2D eigenvalue weighted by Gasteiger charge is 2.14. The lowest BCUT2D eigenvalue weighted by Gasteiger charge is -2.12. The summed E-state index contributed by atoms with van der Waals surface area (Å²) in [6, 6.07) is -0.408. The summed E-state index contributed by atoms with van der Waals surface area (Å²) in [4.78, 5) is 10.6. The number of hydrogen-bond acceptors (Lipinski definition) is 3. The van der Waals surface area contributed by atoms with Gasteiger partial charge >= 0.3 is 5.97 Å². The van der Waals surface area contributed by atoms with Crippen LogP contribution in [0.2, 0.25) is 0 Å². The van der Waals surface area contributed by atoms with Crippen LogP contribution in [0, 0.1) is 5.92 Å². The first kappa shape index (κ1) is 12.8. The summed E-state index contributed by atoms with van der Waals surface area (Å²) in [5, 5.41) is 11.5. The van der Waals surface area contributed by atoms with Crippen LogP contribution in [-0.2, 0) is 4.79 Å². The van der Waals surface area contributed by atoms with Crippen molar-refractivity contribution in [2.45, 2.75) is 26.3 Å². The Balaban J connectivity index is 3.55. The molecule has 0 spiro atoms. The van der Waals surface area contributed by atoms with Gasteiger partial charge in [0.2, 0.25) is 0 Å². The quantitative estimate of drug-likeness (QED) is 0.660. The minimum atomic E-state index is -0.765. The number of aliphatic carboxylic acids is 1. The Morgan fingerprint density at radius 2 is 2.15 bits per heavy atom. The zero-order chi connectivity index (χ0) is 10.3. The van der Waals surface area contributed by atoms with Gasteiger partial charge in [-0.25, -0.2) is 0 Å². The van der Waals surface area contributed by atoms with Crippen molar-refractivity contribution in [3.63, 3.8) is 0 Å². The maximum Gasteiger partial charge on any atom is 0.321 e. The molecule has 0 aliphatic rings. The molecule has 0 fully saturated rings. The van der Waals surface area contributed by atoms with Crippen LogP contribution in [-0.4, -0.2) is 35.7 Å². The van der Waals surface area contributed by atoms with Crippen molar-refractivity contribution in [2.24, 2.45) is 5.92 Å². The Labute approximate surface area is 84.3 Å². The molecule has 0 rings (SSSR count). The van der Waals surface area contributed by atoms with Gasteiger partial charge in [0.1, 0.15) is 6.04 Å². The van der Waals surface area contributed by atoms with Gasteiger partial charge in [-0.05, 0) is 18.7 Å². The number of rotatable bonds is 7. The summed E-state index contributed by atoms with van der Waals surface area (Å²) in [5.41, 5.74) is 0. The molecule has 0 aliphatic heterocycles. The fourth-order valence-corrected chi connectivity index (χ4v) is 2.10. The molecular weight excluding hydrogens is 186 g/mol. The highest BCUT2D eigenvalue weighted by Crippen LogP contribution is 2.12. The lowest BCUT2D eigenvalue weighted by Crippen LogP contribution is -2.36. The van der Waals surface area contributed by atoms with Gasteiger partial charge < -0.3 is 10.4 Å². The van der Waals surface area contributed by atoms with E-state index in [1.54, 1.807) is 18.8 Å². The fraction of sp³-hybridized carbons (Fsp3) is 0.889. The van der Waals surface area contributed by atoms with Gasteiger partial charge in [0.15, 0.2) is 0 Å². The topological polar surface area (TPSA) is 49.3 Å². The molecule has 0 radical (unpaired) electrons. The highest BCUT2D eigenvalue weighted by atomic mass is 32.2. The maximum atomic E-state index is 10.6. The predicted octanol–water partition coefficient (Wildman–Crippen LogP) is 1.44. The second-order valence-corrected chi connectivity index (χ2v) is 4.31. The molecule has 3 nitrogen and oxygen atoms in total. The van der Waals surface area contributed by atoms with Crippen molar-refractivity contribution in [3.05, 3.63) is 0 Å².